The summed E-state index contributed by atoms with van der Waals surface area (Å²) in [6.07, 6.45) is 0.449. The summed E-state index contributed by atoms with van der Waals surface area (Å²) in [5.74, 6) is -0.00417. The first-order valence-electron chi connectivity index (χ1n) is 6.55. The van der Waals surface area contributed by atoms with Gasteiger partial charge < -0.3 is 5.32 Å². The molecule has 1 aromatic rings. The van der Waals surface area contributed by atoms with Gasteiger partial charge in [0.1, 0.15) is 0 Å². The number of rotatable bonds is 7. The normalized spacial score (nSPS) is 10.5. The van der Waals surface area contributed by atoms with E-state index >= 15 is 0 Å². The van der Waals surface area contributed by atoms with Crippen LogP contribution in [-0.2, 0) is 11.3 Å². The van der Waals surface area contributed by atoms with Gasteiger partial charge in [0.2, 0.25) is 5.91 Å². The standard InChI is InChI=1S/C15H21N3O/c1-13(2)18(10-6-9-16)12-15(19)17-11-14-7-4-3-5-8-14/h3-5,7-8,13H,6,10-12H2,1-2H3,(H,17,19). The molecule has 0 radical (unpaired) electrons. The minimum atomic E-state index is -0.00417. The monoisotopic (exact) mass is 259 g/mol. The fraction of sp³-hybridized carbons (Fsp3) is 0.467. The van der Waals surface area contributed by atoms with Gasteiger partial charge in [-0.25, -0.2) is 0 Å². The molecular weight excluding hydrogens is 238 g/mol. The van der Waals surface area contributed by atoms with Gasteiger partial charge in [-0.15, -0.1) is 0 Å². The van der Waals surface area contributed by atoms with E-state index < -0.39 is 0 Å². The Hall–Kier alpha value is -1.86. The summed E-state index contributed by atoms with van der Waals surface area (Å²) in [7, 11) is 0. The summed E-state index contributed by atoms with van der Waals surface area (Å²) >= 11 is 0. The number of benzene rings is 1. The van der Waals surface area contributed by atoms with Crippen LogP contribution in [0.5, 0.6) is 0 Å². The molecule has 0 heterocycles. The van der Waals surface area contributed by atoms with Crippen LogP contribution in [0.1, 0.15) is 25.8 Å². The Kier molecular flexibility index (Phi) is 6.62. The molecule has 0 aliphatic heterocycles. The minimum Gasteiger partial charge on any atom is -0.351 e. The van der Waals surface area contributed by atoms with E-state index in [4.69, 9.17) is 5.26 Å². The topological polar surface area (TPSA) is 56.1 Å². The molecule has 0 saturated heterocycles. The lowest BCUT2D eigenvalue weighted by molar-refractivity contribution is -0.122. The van der Waals surface area contributed by atoms with Crippen molar-refractivity contribution in [2.45, 2.75) is 32.9 Å². The lowest BCUT2D eigenvalue weighted by Gasteiger charge is -2.24. The maximum atomic E-state index is 11.9. The lowest BCUT2D eigenvalue weighted by atomic mass is 10.2. The Bertz CT molecular complexity index is 423. The zero-order valence-electron chi connectivity index (χ0n) is 11.6. The van der Waals surface area contributed by atoms with Gasteiger partial charge >= 0.3 is 0 Å². The molecule has 4 heteroatoms. The van der Waals surface area contributed by atoms with Crippen LogP contribution >= 0.6 is 0 Å². The SMILES string of the molecule is CC(C)N(CCC#N)CC(=O)NCc1ccccc1. The third-order valence-corrected chi connectivity index (χ3v) is 2.92. The quantitative estimate of drug-likeness (QED) is 0.814. The average molecular weight is 259 g/mol. The Morgan fingerprint density at radius 2 is 2.05 bits per heavy atom. The number of carbonyl (C=O) groups is 1. The van der Waals surface area contributed by atoms with Crippen LogP contribution in [0.3, 0.4) is 0 Å². The molecule has 0 aromatic heterocycles. The second-order valence-electron chi connectivity index (χ2n) is 4.73. The predicted molar refractivity (Wildman–Crippen MR) is 75.2 cm³/mol. The fourth-order valence-corrected chi connectivity index (χ4v) is 1.75. The maximum Gasteiger partial charge on any atom is 0.234 e. The van der Waals surface area contributed by atoms with Gasteiger partial charge in [-0.2, -0.15) is 5.26 Å². The first-order valence-corrected chi connectivity index (χ1v) is 6.55. The van der Waals surface area contributed by atoms with Crippen molar-refractivity contribution in [1.29, 1.82) is 5.26 Å². The second kappa shape index (κ2) is 8.28. The van der Waals surface area contributed by atoms with E-state index in [1.807, 2.05) is 49.1 Å². The van der Waals surface area contributed by atoms with Crippen LogP contribution in [0.4, 0.5) is 0 Å². The molecule has 0 atom stereocenters. The van der Waals surface area contributed by atoms with E-state index in [9.17, 15) is 4.79 Å². The minimum absolute atomic E-state index is 0.00417. The molecule has 0 aliphatic carbocycles. The summed E-state index contributed by atoms with van der Waals surface area (Å²) in [5, 5.41) is 11.5. The zero-order chi connectivity index (χ0) is 14.1. The average Bonchev–Trinajstić information content (AvgIpc) is 2.42. The highest BCUT2D eigenvalue weighted by atomic mass is 16.2. The Morgan fingerprint density at radius 3 is 2.63 bits per heavy atom. The number of nitrogens with zero attached hydrogens (tertiary/aromatic N) is 2. The van der Waals surface area contributed by atoms with Gasteiger partial charge in [0, 0.05) is 25.6 Å². The highest BCUT2D eigenvalue weighted by Gasteiger charge is 2.13. The molecule has 1 amide bonds. The molecule has 0 aliphatic rings. The Balaban J connectivity index is 2.38. The molecule has 0 saturated carbocycles. The molecule has 1 N–H and O–H groups in total. The third-order valence-electron chi connectivity index (χ3n) is 2.92. The molecule has 4 nitrogen and oxygen atoms in total. The number of nitriles is 1. The first kappa shape index (κ1) is 15.2. The van der Waals surface area contributed by atoms with Crippen LogP contribution in [0, 0.1) is 11.3 Å². The summed E-state index contributed by atoms with van der Waals surface area (Å²) in [6, 6.07) is 12.2. The Labute approximate surface area is 115 Å². The fourth-order valence-electron chi connectivity index (χ4n) is 1.75. The van der Waals surface area contributed by atoms with Gasteiger partial charge in [-0.1, -0.05) is 30.3 Å². The third kappa shape index (κ3) is 6.03. The summed E-state index contributed by atoms with van der Waals surface area (Å²) in [4.78, 5) is 13.9. The van der Waals surface area contributed by atoms with Gasteiger partial charge in [0.25, 0.3) is 0 Å². The molecular formula is C15H21N3O. The van der Waals surface area contributed by atoms with Crippen molar-refractivity contribution >= 4 is 5.91 Å². The maximum absolute atomic E-state index is 11.9. The van der Waals surface area contributed by atoms with E-state index in [1.165, 1.54) is 0 Å². The van der Waals surface area contributed by atoms with Crippen LogP contribution in [0.2, 0.25) is 0 Å². The van der Waals surface area contributed by atoms with Crippen molar-refractivity contribution in [1.82, 2.24) is 10.2 Å². The highest BCUT2D eigenvalue weighted by Crippen LogP contribution is 2.00. The van der Waals surface area contributed by atoms with Crippen LogP contribution in [-0.4, -0.2) is 29.9 Å². The Morgan fingerprint density at radius 1 is 1.37 bits per heavy atom. The summed E-state index contributed by atoms with van der Waals surface area (Å²) < 4.78 is 0. The van der Waals surface area contributed by atoms with Gasteiger partial charge in [-0.05, 0) is 19.4 Å². The summed E-state index contributed by atoms with van der Waals surface area (Å²) in [5.41, 5.74) is 1.09. The molecule has 0 spiro atoms. The zero-order valence-corrected chi connectivity index (χ0v) is 11.6. The van der Waals surface area contributed by atoms with Gasteiger partial charge in [-0.3, -0.25) is 9.69 Å². The molecule has 19 heavy (non-hydrogen) atoms. The van der Waals surface area contributed by atoms with E-state index in [-0.39, 0.29) is 11.9 Å². The van der Waals surface area contributed by atoms with E-state index in [2.05, 4.69) is 11.4 Å². The number of hydrogen-bond donors (Lipinski definition) is 1. The number of amides is 1. The van der Waals surface area contributed by atoms with Crippen molar-refractivity contribution in [3.05, 3.63) is 35.9 Å². The van der Waals surface area contributed by atoms with Crippen LogP contribution in [0.25, 0.3) is 0 Å². The van der Waals surface area contributed by atoms with E-state index in [0.29, 0.717) is 26.1 Å². The van der Waals surface area contributed by atoms with Gasteiger partial charge in [0.15, 0.2) is 0 Å². The smallest absolute Gasteiger partial charge is 0.234 e. The molecule has 0 fully saturated rings. The van der Waals surface area contributed by atoms with Crippen LogP contribution < -0.4 is 5.32 Å². The number of hydrogen-bond acceptors (Lipinski definition) is 3. The van der Waals surface area contributed by atoms with Crippen LogP contribution in [0.15, 0.2) is 30.3 Å². The second-order valence-corrected chi connectivity index (χ2v) is 4.73. The first-order chi connectivity index (χ1) is 9.13. The van der Waals surface area contributed by atoms with Gasteiger partial charge in [0.05, 0.1) is 12.6 Å². The number of carbonyl (C=O) groups excluding carboxylic acids is 1. The van der Waals surface area contributed by atoms with Crippen molar-refractivity contribution in [2.75, 3.05) is 13.1 Å². The molecule has 1 rings (SSSR count). The molecule has 0 bridgehead atoms. The number of nitrogens with one attached hydrogen (secondary N) is 1. The lowest BCUT2D eigenvalue weighted by Crippen LogP contribution is -2.41. The predicted octanol–water partition coefficient (Wildman–Crippen LogP) is 1.93. The van der Waals surface area contributed by atoms with Crippen molar-refractivity contribution in [3.63, 3.8) is 0 Å². The van der Waals surface area contributed by atoms with E-state index in [0.717, 1.165) is 5.56 Å². The van der Waals surface area contributed by atoms with Crippen molar-refractivity contribution in [3.8, 4) is 6.07 Å². The summed E-state index contributed by atoms with van der Waals surface area (Å²) in [6.45, 7) is 5.58. The largest absolute Gasteiger partial charge is 0.351 e. The van der Waals surface area contributed by atoms with E-state index in [1.54, 1.807) is 0 Å². The van der Waals surface area contributed by atoms with Crippen molar-refractivity contribution in [2.24, 2.45) is 0 Å². The highest BCUT2D eigenvalue weighted by molar-refractivity contribution is 5.78. The van der Waals surface area contributed by atoms with Crippen molar-refractivity contribution < 1.29 is 4.79 Å². The molecule has 0 unspecified atom stereocenters. The molecule has 1 aromatic carbocycles. The molecule has 102 valence electrons.